The van der Waals surface area contributed by atoms with Crippen molar-refractivity contribution >= 4 is 17.7 Å². The van der Waals surface area contributed by atoms with Crippen LogP contribution in [0, 0.1) is 11.3 Å². The van der Waals surface area contributed by atoms with Crippen LogP contribution in [0.25, 0.3) is 27.8 Å². The number of aromatic nitrogens is 1. The number of rotatable bonds is 6. The number of morpholine rings is 1. The zero-order valence-electron chi connectivity index (χ0n) is 19.7. The molecule has 0 radical (unpaired) electrons. The number of ether oxygens (including phenoxy) is 1. The van der Waals surface area contributed by atoms with Crippen molar-refractivity contribution in [3.8, 4) is 28.3 Å². The third-order valence-corrected chi connectivity index (χ3v) is 6.00. The van der Waals surface area contributed by atoms with Crippen molar-refractivity contribution in [3.05, 3.63) is 78.3 Å². The summed E-state index contributed by atoms with van der Waals surface area (Å²) in [5.74, 6) is 0. The number of amides is 1. The standard InChI is InChI=1S/C28H28N4O2/c1-19(13-31-18-33)28-26(23-6-4-22(12-29)5-7-23)14-30-15-27(28)24-8-10-25(11-9-24)32-16-20(2)34-21(3)17-32/h4-11,13-15,18,20-21H,16-17H2,1-3H3,(H,31,33)/b19-13-. The molecule has 2 atom stereocenters. The molecule has 6 nitrogen and oxygen atoms in total. The van der Waals surface area contributed by atoms with E-state index >= 15 is 0 Å². The predicted molar refractivity (Wildman–Crippen MR) is 135 cm³/mol. The molecule has 1 aromatic heterocycles. The fraction of sp³-hybridized carbons (Fsp3) is 0.250. The summed E-state index contributed by atoms with van der Waals surface area (Å²) in [6, 6.07) is 18.1. The number of carbonyl (C=O) groups excluding carboxylic acids is 1. The highest BCUT2D eigenvalue weighted by Crippen LogP contribution is 2.37. The van der Waals surface area contributed by atoms with Gasteiger partial charge in [-0.15, -0.1) is 0 Å². The molecule has 6 heteroatoms. The van der Waals surface area contributed by atoms with Gasteiger partial charge in [0.05, 0.1) is 23.8 Å². The van der Waals surface area contributed by atoms with Crippen LogP contribution in [-0.2, 0) is 9.53 Å². The second kappa shape index (κ2) is 10.3. The first-order valence-electron chi connectivity index (χ1n) is 11.4. The molecule has 4 rings (SSSR count). The molecular formula is C28H28N4O2. The Morgan fingerprint density at radius 2 is 1.59 bits per heavy atom. The summed E-state index contributed by atoms with van der Waals surface area (Å²) in [6.07, 6.45) is 6.43. The highest BCUT2D eigenvalue weighted by atomic mass is 16.5. The van der Waals surface area contributed by atoms with Crippen LogP contribution in [0.2, 0.25) is 0 Å². The van der Waals surface area contributed by atoms with Crippen LogP contribution in [0.1, 0.15) is 31.9 Å². The monoisotopic (exact) mass is 452 g/mol. The van der Waals surface area contributed by atoms with Gasteiger partial charge in [0.2, 0.25) is 6.41 Å². The first kappa shape index (κ1) is 23.2. The SMILES string of the molecule is C/C(=C/NC=O)c1c(-c2ccc(C#N)cc2)cncc1-c1ccc(N2CC(C)OC(C)C2)cc1. The number of anilines is 1. The van der Waals surface area contributed by atoms with Crippen molar-refractivity contribution in [2.45, 2.75) is 33.0 Å². The van der Waals surface area contributed by atoms with E-state index in [9.17, 15) is 4.79 Å². The van der Waals surface area contributed by atoms with Gasteiger partial charge >= 0.3 is 0 Å². The van der Waals surface area contributed by atoms with E-state index in [0.717, 1.165) is 46.5 Å². The molecule has 1 aliphatic rings. The van der Waals surface area contributed by atoms with E-state index in [1.807, 2.05) is 31.5 Å². The largest absolute Gasteiger partial charge is 0.372 e. The zero-order chi connectivity index (χ0) is 24.1. The Morgan fingerprint density at radius 1 is 1.03 bits per heavy atom. The van der Waals surface area contributed by atoms with E-state index in [1.165, 1.54) is 5.69 Å². The number of nitrogens with zero attached hydrogens (tertiary/aromatic N) is 3. The molecule has 34 heavy (non-hydrogen) atoms. The van der Waals surface area contributed by atoms with Gasteiger partial charge in [-0.25, -0.2) is 0 Å². The lowest BCUT2D eigenvalue weighted by Crippen LogP contribution is -2.45. The van der Waals surface area contributed by atoms with E-state index < -0.39 is 0 Å². The van der Waals surface area contributed by atoms with Crippen LogP contribution in [0.15, 0.2) is 67.1 Å². The van der Waals surface area contributed by atoms with Crippen LogP contribution in [0.3, 0.4) is 0 Å². The van der Waals surface area contributed by atoms with Crippen LogP contribution in [0.4, 0.5) is 5.69 Å². The molecule has 1 aliphatic heterocycles. The molecule has 1 fully saturated rings. The van der Waals surface area contributed by atoms with Gasteiger partial charge < -0.3 is 15.0 Å². The summed E-state index contributed by atoms with van der Waals surface area (Å²) >= 11 is 0. The normalized spacial score (nSPS) is 18.3. The Kier molecular flexibility index (Phi) is 7.05. The number of allylic oxidation sites excluding steroid dienone is 1. The Bertz CT molecular complexity index is 1220. The van der Waals surface area contributed by atoms with Crippen molar-refractivity contribution < 1.29 is 9.53 Å². The Balaban J connectivity index is 1.76. The average Bonchev–Trinajstić information content (AvgIpc) is 2.86. The lowest BCUT2D eigenvalue weighted by Gasteiger charge is -2.37. The molecule has 1 amide bonds. The van der Waals surface area contributed by atoms with Gasteiger partial charge in [-0.05, 0) is 67.3 Å². The van der Waals surface area contributed by atoms with Crippen molar-refractivity contribution in [2.24, 2.45) is 0 Å². The fourth-order valence-electron chi connectivity index (χ4n) is 4.52. The molecule has 1 N–H and O–H groups in total. The van der Waals surface area contributed by atoms with Gasteiger partial charge in [-0.3, -0.25) is 9.78 Å². The molecule has 2 unspecified atom stereocenters. The molecular weight excluding hydrogens is 424 g/mol. The highest BCUT2D eigenvalue weighted by Gasteiger charge is 2.22. The van der Waals surface area contributed by atoms with Crippen molar-refractivity contribution in [2.75, 3.05) is 18.0 Å². The number of nitriles is 1. The molecule has 1 saturated heterocycles. The minimum atomic E-state index is 0.196. The summed E-state index contributed by atoms with van der Waals surface area (Å²) in [5.41, 5.74) is 7.55. The lowest BCUT2D eigenvalue weighted by molar-refractivity contribution is -0.108. The second-order valence-electron chi connectivity index (χ2n) is 8.62. The summed E-state index contributed by atoms with van der Waals surface area (Å²) in [6.45, 7) is 7.90. The average molecular weight is 453 g/mol. The first-order chi connectivity index (χ1) is 16.5. The van der Waals surface area contributed by atoms with Gasteiger partial charge in [0.25, 0.3) is 0 Å². The van der Waals surface area contributed by atoms with Gasteiger partial charge in [-0.2, -0.15) is 5.26 Å². The van der Waals surface area contributed by atoms with Crippen molar-refractivity contribution in [3.63, 3.8) is 0 Å². The third-order valence-electron chi connectivity index (χ3n) is 6.00. The minimum Gasteiger partial charge on any atom is -0.372 e. The third kappa shape index (κ3) is 5.00. The number of carbonyl (C=O) groups is 1. The van der Waals surface area contributed by atoms with Crippen LogP contribution in [0.5, 0.6) is 0 Å². The zero-order valence-corrected chi connectivity index (χ0v) is 19.7. The summed E-state index contributed by atoms with van der Waals surface area (Å²) in [5, 5.41) is 11.8. The molecule has 0 bridgehead atoms. The van der Waals surface area contributed by atoms with Gasteiger partial charge in [-0.1, -0.05) is 24.3 Å². The second-order valence-corrected chi connectivity index (χ2v) is 8.62. The molecule has 0 aliphatic carbocycles. The van der Waals surface area contributed by atoms with Gasteiger partial charge in [0, 0.05) is 48.5 Å². The van der Waals surface area contributed by atoms with E-state index in [2.05, 4.69) is 59.4 Å². The molecule has 0 saturated carbocycles. The molecule has 3 aromatic rings. The maximum absolute atomic E-state index is 10.9. The Hall–Kier alpha value is -3.95. The highest BCUT2D eigenvalue weighted by molar-refractivity contribution is 5.90. The smallest absolute Gasteiger partial charge is 0.211 e. The molecule has 0 spiro atoms. The van der Waals surface area contributed by atoms with Gasteiger partial charge in [0.1, 0.15) is 0 Å². The first-order valence-corrected chi connectivity index (χ1v) is 11.4. The van der Waals surface area contributed by atoms with Crippen molar-refractivity contribution in [1.29, 1.82) is 5.26 Å². The minimum absolute atomic E-state index is 0.196. The Labute approximate surface area is 200 Å². The molecule has 2 heterocycles. The van der Waals surface area contributed by atoms with Crippen LogP contribution < -0.4 is 10.2 Å². The number of benzene rings is 2. The molecule has 172 valence electrons. The quantitative estimate of drug-likeness (QED) is 0.532. The van der Waals surface area contributed by atoms with E-state index in [1.54, 1.807) is 18.3 Å². The summed E-state index contributed by atoms with van der Waals surface area (Å²) in [4.78, 5) is 17.8. The van der Waals surface area contributed by atoms with Crippen LogP contribution in [-0.4, -0.2) is 36.7 Å². The number of hydrogen-bond acceptors (Lipinski definition) is 5. The lowest BCUT2D eigenvalue weighted by atomic mass is 9.90. The predicted octanol–water partition coefficient (Wildman–Crippen LogP) is 5.01. The maximum Gasteiger partial charge on any atom is 0.211 e. The number of hydrogen-bond donors (Lipinski definition) is 1. The number of pyridine rings is 1. The maximum atomic E-state index is 10.9. The molecule has 2 aromatic carbocycles. The number of nitrogens with one attached hydrogen (secondary N) is 1. The van der Waals surface area contributed by atoms with E-state index in [-0.39, 0.29) is 12.2 Å². The summed E-state index contributed by atoms with van der Waals surface area (Å²) < 4.78 is 5.87. The fourth-order valence-corrected chi connectivity index (χ4v) is 4.52. The summed E-state index contributed by atoms with van der Waals surface area (Å²) in [7, 11) is 0. The van der Waals surface area contributed by atoms with Crippen LogP contribution >= 0.6 is 0 Å². The van der Waals surface area contributed by atoms with Crippen molar-refractivity contribution in [1.82, 2.24) is 10.3 Å². The van der Waals surface area contributed by atoms with E-state index in [0.29, 0.717) is 12.0 Å². The van der Waals surface area contributed by atoms with Gasteiger partial charge in [0.15, 0.2) is 0 Å². The Morgan fingerprint density at radius 3 is 2.12 bits per heavy atom. The topological polar surface area (TPSA) is 78.2 Å². The van der Waals surface area contributed by atoms with E-state index in [4.69, 9.17) is 10.00 Å².